The van der Waals surface area contributed by atoms with E-state index in [2.05, 4.69) is 10.1 Å². The van der Waals surface area contributed by atoms with Gasteiger partial charge in [0.15, 0.2) is 6.61 Å². The molecule has 138 valence electrons. The summed E-state index contributed by atoms with van der Waals surface area (Å²) in [7, 11) is 1.26. The van der Waals surface area contributed by atoms with Crippen molar-refractivity contribution in [1.82, 2.24) is 5.32 Å². The summed E-state index contributed by atoms with van der Waals surface area (Å²) in [6.45, 7) is 5.56. The molecule has 7 heteroatoms. The van der Waals surface area contributed by atoms with E-state index in [-0.39, 0.29) is 11.5 Å². The topological polar surface area (TPSA) is 90.9 Å². The molecule has 0 aliphatic rings. The number of para-hydroxylation sites is 1. The number of amides is 1. The summed E-state index contributed by atoms with van der Waals surface area (Å²) in [5.74, 6) is -1.20. The highest BCUT2D eigenvalue weighted by atomic mass is 16.5. The molecule has 0 aliphatic carbocycles. The Labute approximate surface area is 147 Å². The molecule has 1 amide bonds. The van der Waals surface area contributed by atoms with Gasteiger partial charge in [0.25, 0.3) is 5.91 Å². The van der Waals surface area contributed by atoms with Crippen molar-refractivity contribution in [3.05, 3.63) is 29.8 Å². The Morgan fingerprint density at radius 2 is 1.84 bits per heavy atom. The number of methoxy groups -OCH3 is 1. The first-order chi connectivity index (χ1) is 11.9. The SMILES string of the molecule is CCOc1ccccc1C(=O)OCC(=O)N[C@H](CC(C)C)C(=O)OC. The first-order valence-corrected chi connectivity index (χ1v) is 8.15. The predicted octanol–water partition coefficient (Wildman–Crippen LogP) is 1.95. The van der Waals surface area contributed by atoms with E-state index in [1.165, 1.54) is 7.11 Å². The summed E-state index contributed by atoms with van der Waals surface area (Å²) in [6.07, 6.45) is 0.430. The van der Waals surface area contributed by atoms with E-state index < -0.39 is 30.5 Å². The number of benzene rings is 1. The van der Waals surface area contributed by atoms with Crippen LogP contribution < -0.4 is 10.1 Å². The van der Waals surface area contributed by atoms with Gasteiger partial charge in [-0.05, 0) is 31.4 Å². The summed E-state index contributed by atoms with van der Waals surface area (Å²) in [5, 5.41) is 2.52. The van der Waals surface area contributed by atoms with Crippen LogP contribution in [-0.4, -0.2) is 44.2 Å². The van der Waals surface area contributed by atoms with Crippen molar-refractivity contribution in [3.8, 4) is 5.75 Å². The molecular formula is C18H25NO6. The monoisotopic (exact) mass is 351 g/mol. The molecular weight excluding hydrogens is 326 g/mol. The van der Waals surface area contributed by atoms with Crippen molar-refractivity contribution < 1.29 is 28.6 Å². The normalized spacial score (nSPS) is 11.6. The molecule has 1 N–H and O–H groups in total. The lowest BCUT2D eigenvalue weighted by Gasteiger charge is -2.18. The van der Waals surface area contributed by atoms with Gasteiger partial charge in [-0.2, -0.15) is 0 Å². The summed E-state index contributed by atoms with van der Waals surface area (Å²) in [6, 6.07) is 5.85. The van der Waals surface area contributed by atoms with Gasteiger partial charge < -0.3 is 19.5 Å². The van der Waals surface area contributed by atoms with Crippen LogP contribution >= 0.6 is 0 Å². The van der Waals surface area contributed by atoms with E-state index in [9.17, 15) is 14.4 Å². The molecule has 0 unspecified atom stereocenters. The molecule has 1 aromatic rings. The minimum atomic E-state index is -0.771. The summed E-state index contributed by atoms with van der Waals surface area (Å²) in [4.78, 5) is 35.8. The Kier molecular flexibility index (Phi) is 8.46. The van der Waals surface area contributed by atoms with E-state index >= 15 is 0 Å². The molecule has 1 atom stereocenters. The molecule has 0 radical (unpaired) electrons. The Morgan fingerprint density at radius 1 is 1.16 bits per heavy atom. The zero-order chi connectivity index (χ0) is 18.8. The second-order valence-electron chi connectivity index (χ2n) is 5.78. The number of hydrogen-bond donors (Lipinski definition) is 1. The van der Waals surface area contributed by atoms with E-state index in [1.807, 2.05) is 13.8 Å². The van der Waals surface area contributed by atoms with Crippen LogP contribution in [0.25, 0.3) is 0 Å². The number of rotatable bonds is 9. The van der Waals surface area contributed by atoms with Crippen LogP contribution in [0.5, 0.6) is 5.75 Å². The van der Waals surface area contributed by atoms with Crippen LogP contribution in [0.15, 0.2) is 24.3 Å². The van der Waals surface area contributed by atoms with Gasteiger partial charge in [-0.3, -0.25) is 4.79 Å². The lowest BCUT2D eigenvalue weighted by atomic mass is 10.0. The fourth-order valence-electron chi connectivity index (χ4n) is 2.19. The van der Waals surface area contributed by atoms with Gasteiger partial charge in [0, 0.05) is 0 Å². The lowest BCUT2D eigenvalue weighted by molar-refractivity contribution is -0.145. The van der Waals surface area contributed by atoms with E-state index in [1.54, 1.807) is 31.2 Å². The fourth-order valence-corrected chi connectivity index (χ4v) is 2.19. The van der Waals surface area contributed by atoms with Crippen molar-refractivity contribution in [3.63, 3.8) is 0 Å². The van der Waals surface area contributed by atoms with Gasteiger partial charge in [0.05, 0.1) is 13.7 Å². The average Bonchev–Trinajstić information content (AvgIpc) is 2.58. The second kappa shape index (κ2) is 10.3. The molecule has 1 rings (SSSR count). The van der Waals surface area contributed by atoms with Crippen LogP contribution in [0.1, 0.15) is 37.6 Å². The molecule has 7 nitrogen and oxygen atoms in total. The smallest absolute Gasteiger partial charge is 0.342 e. The van der Waals surface area contributed by atoms with Gasteiger partial charge in [-0.25, -0.2) is 9.59 Å². The van der Waals surface area contributed by atoms with Gasteiger partial charge in [-0.1, -0.05) is 26.0 Å². The van der Waals surface area contributed by atoms with Gasteiger partial charge in [0.1, 0.15) is 17.4 Å². The van der Waals surface area contributed by atoms with E-state index in [4.69, 9.17) is 9.47 Å². The van der Waals surface area contributed by atoms with Crippen molar-refractivity contribution in [2.75, 3.05) is 20.3 Å². The van der Waals surface area contributed by atoms with Crippen molar-refractivity contribution in [2.45, 2.75) is 33.2 Å². The second-order valence-corrected chi connectivity index (χ2v) is 5.78. The highest BCUT2D eigenvalue weighted by Crippen LogP contribution is 2.18. The highest BCUT2D eigenvalue weighted by Gasteiger charge is 2.23. The van der Waals surface area contributed by atoms with Crippen LogP contribution in [0.4, 0.5) is 0 Å². The number of ether oxygens (including phenoxy) is 3. The molecule has 1 aromatic carbocycles. The lowest BCUT2D eigenvalue weighted by Crippen LogP contribution is -2.44. The molecule has 0 aliphatic heterocycles. The highest BCUT2D eigenvalue weighted by molar-refractivity contribution is 5.94. The Hall–Kier alpha value is -2.57. The zero-order valence-electron chi connectivity index (χ0n) is 15.0. The molecule has 0 fully saturated rings. The number of esters is 2. The number of carbonyl (C=O) groups is 3. The first kappa shape index (κ1) is 20.5. The summed E-state index contributed by atoms with van der Waals surface area (Å²) in [5.41, 5.74) is 0.240. The Bertz CT molecular complexity index is 599. The van der Waals surface area contributed by atoms with Crippen molar-refractivity contribution >= 4 is 17.8 Å². The van der Waals surface area contributed by atoms with Crippen LogP contribution in [0, 0.1) is 5.92 Å². The van der Waals surface area contributed by atoms with Crippen LogP contribution in [0.2, 0.25) is 0 Å². The number of nitrogens with one attached hydrogen (secondary N) is 1. The molecule has 25 heavy (non-hydrogen) atoms. The van der Waals surface area contributed by atoms with Gasteiger partial charge in [0.2, 0.25) is 0 Å². The van der Waals surface area contributed by atoms with E-state index in [0.717, 1.165) is 0 Å². The predicted molar refractivity (Wildman–Crippen MR) is 91.3 cm³/mol. The maximum Gasteiger partial charge on any atom is 0.342 e. The van der Waals surface area contributed by atoms with Gasteiger partial charge in [-0.15, -0.1) is 0 Å². The maximum atomic E-state index is 12.1. The van der Waals surface area contributed by atoms with Crippen molar-refractivity contribution in [1.29, 1.82) is 0 Å². The number of hydrogen-bond acceptors (Lipinski definition) is 6. The maximum absolute atomic E-state index is 12.1. The van der Waals surface area contributed by atoms with E-state index in [0.29, 0.717) is 18.8 Å². The summed E-state index contributed by atoms with van der Waals surface area (Å²) >= 11 is 0. The number of carbonyl (C=O) groups excluding carboxylic acids is 3. The zero-order valence-corrected chi connectivity index (χ0v) is 15.0. The molecule has 0 heterocycles. The molecule has 0 spiro atoms. The standard InChI is InChI=1S/C18H25NO6/c1-5-24-15-9-7-6-8-13(15)17(21)25-11-16(20)19-14(10-12(2)3)18(22)23-4/h6-9,12,14H,5,10-11H2,1-4H3,(H,19,20)/t14-/m1/s1. The largest absolute Gasteiger partial charge is 0.493 e. The fraction of sp³-hybridized carbons (Fsp3) is 0.500. The van der Waals surface area contributed by atoms with Gasteiger partial charge >= 0.3 is 11.9 Å². The third kappa shape index (κ3) is 6.82. The molecule has 0 saturated heterocycles. The Balaban J connectivity index is 2.63. The molecule has 0 saturated carbocycles. The molecule has 0 aromatic heterocycles. The molecule has 0 bridgehead atoms. The average molecular weight is 351 g/mol. The van der Waals surface area contributed by atoms with Crippen LogP contribution in [0.3, 0.4) is 0 Å². The third-order valence-corrected chi connectivity index (χ3v) is 3.27. The minimum Gasteiger partial charge on any atom is -0.493 e. The van der Waals surface area contributed by atoms with Crippen LogP contribution in [-0.2, 0) is 19.1 Å². The third-order valence-electron chi connectivity index (χ3n) is 3.27. The first-order valence-electron chi connectivity index (χ1n) is 8.15. The quantitative estimate of drug-likeness (QED) is 0.684. The Morgan fingerprint density at radius 3 is 2.44 bits per heavy atom. The minimum absolute atomic E-state index is 0.185. The van der Waals surface area contributed by atoms with Crippen molar-refractivity contribution in [2.24, 2.45) is 5.92 Å². The summed E-state index contributed by atoms with van der Waals surface area (Å²) < 4.78 is 15.0.